The molecule has 1 atom stereocenters. The van der Waals surface area contributed by atoms with Gasteiger partial charge < -0.3 is 19.5 Å². The molecule has 0 saturated heterocycles. The molecule has 0 amide bonds. The number of pyridine rings is 1. The molecule has 3 rings (SSSR count). The third-order valence-corrected chi connectivity index (χ3v) is 4.76. The predicted octanol–water partition coefficient (Wildman–Crippen LogP) is 4.63. The number of ether oxygens (including phenoxy) is 3. The first-order valence-electron chi connectivity index (χ1n) is 9.74. The Hall–Kier alpha value is -2.89. The van der Waals surface area contributed by atoms with Crippen molar-refractivity contribution >= 4 is 0 Å². The van der Waals surface area contributed by atoms with E-state index in [2.05, 4.69) is 53.6 Å². The van der Waals surface area contributed by atoms with Crippen LogP contribution in [-0.2, 0) is 11.3 Å². The Morgan fingerprint density at radius 1 is 0.966 bits per heavy atom. The molecule has 1 N–H and O–H groups in total. The Bertz CT molecular complexity index is 882. The van der Waals surface area contributed by atoms with E-state index in [4.69, 9.17) is 14.2 Å². The Labute approximate surface area is 172 Å². The molecule has 0 saturated carbocycles. The number of methoxy groups -OCH3 is 2. The van der Waals surface area contributed by atoms with Crippen molar-refractivity contribution < 1.29 is 14.2 Å². The summed E-state index contributed by atoms with van der Waals surface area (Å²) >= 11 is 0. The summed E-state index contributed by atoms with van der Waals surface area (Å²) in [6.45, 7) is 3.95. The van der Waals surface area contributed by atoms with Gasteiger partial charge in [-0.1, -0.05) is 36.4 Å². The van der Waals surface area contributed by atoms with E-state index in [1.807, 2.05) is 30.5 Å². The highest BCUT2D eigenvalue weighted by Gasteiger charge is 2.10. The van der Waals surface area contributed by atoms with Gasteiger partial charge >= 0.3 is 0 Å². The molecule has 29 heavy (non-hydrogen) atoms. The van der Waals surface area contributed by atoms with Crippen LogP contribution in [-0.4, -0.2) is 32.4 Å². The molecule has 5 heteroatoms. The standard InChI is InChI=1S/C24H28N2O3/c1-18(20-7-5-4-6-8-20)25-16-19-9-11-23(28-3)22(15-19)21-10-12-24(26-17-21)29-14-13-27-2/h4-12,15,17-18,25H,13-14,16H2,1-3H3/t18-/m1/s1. The third-order valence-electron chi connectivity index (χ3n) is 4.76. The summed E-state index contributed by atoms with van der Waals surface area (Å²) in [4.78, 5) is 4.40. The van der Waals surface area contributed by atoms with Gasteiger partial charge in [-0.05, 0) is 36.2 Å². The maximum absolute atomic E-state index is 5.56. The van der Waals surface area contributed by atoms with Crippen molar-refractivity contribution in [2.45, 2.75) is 19.5 Å². The van der Waals surface area contributed by atoms with Crippen LogP contribution in [0.25, 0.3) is 11.1 Å². The van der Waals surface area contributed by atoms with Crippen molar-refractivity contribution in [1.82, 2.24) is 10.3 Å². The van der Waals surface area contributed by atoms with Gasteiger partial charge in [-0.3, -0.25) is 0 Å². The van der Waals surface area contributed by atoms with Crippen molar-refractivity contribution in [3.63, 3.8) is 0 Å². The van der Waals surface area contributed by atoms with E-state index in [0.29, 0.717) is 19.1 Å². The fourth-order valence-corrected chi connectivity index (χ4v) is 3.08. The summed E-state index contributed by atoms with van der Waals surface area (Å²) in [5.41, 5.74) is 4.45. The van der Waals surface area contributed by atoms with Crippen LogP contribution in [0.5, 0.6) is 11.6 Å². The van der Waals surface area contributed by atoms with E-state index in [0.717, 1.165) is 23.4 Å². The second-order valence-corrected chi connectivity index (χ2v) is 6.77. The smallest absolute Gasteiger partial charge is 0.213 e. The second-order valence-electron chi connectivity index (χ2n) is 6.77. The minimum Gasteiger partial charge on any atom is -0.496 e. The molecule has 152 valence electrons. The summed E-state index contributed by atoms with van der Waals surface area (Å²) in [6.07, 6.45) is 1.81. The average molecular weight is 392 g/mol. The van der Waals surface area contributed by atoms with Crippen LogP contribution in [0, 0.1) is 0 Å². The van der Waals surface area contributed by atoms with Crippen molar-refractivity contribution in [1.29, 1.82) is 0 Å². The fraction of sp³-hybridized carbons (Fsp3) is 0.292. The van der Waals surface area contributed by atoms with Gasteiger partial charge in [0.2, 0.25) is 5.88 Å². The highest BCUT2D eigenvalue weighted by Crippen LogP contribution is 2.31. The van der Waals surface area contributed by atoms with E-state index >= 15 is 0 Å². The molecule has 0 aliphatic carbocycles. The van der Waals surface area contributed by atoms with Gasteiger partial charge in [0.1, 0.15) is 12.4 Å². The van der Waals surface area contributed by atoms with Crippen molar-refractivity contribution in [2.75, 3.05) is 27.4 Å². The van der Waals surface area contributed by atoms with Gasteiger partial charge in [-0.15, -0.1) is 0 Å². The Morgan fingerprint density at radius 3 is 2.48 bits per heavy atom. The maximum Gasteiger partial charge on any atom is 0.213 e. The quantitative estimate of drug-likeness (QED) is 0.510. The molecule has 0 radical (unpaired) electrons. The average Bonchev–Trinajstić information content (AvgIpc) is 2.78. The first-order valence-corrected chi connectivity index (χ1v) is 9.74. The molecule has 0 spiro atoms. The molecule has 0 aliphatic rings. The molecular weight excluding hydrogens is 364 g/mol. The molecule has 5 nitrogen and oxygen atoms in total. The molecule has 0 aliphatic heterocycles. The van der Waals surface area contributed by atoms with Crippen LogP contribution in [0.1, 0.15) is 24.1 Å². The summed E-state index contributed by atoms with van der Waals surface area (Å²) < 4.78 is 16.1. The first-order chi connectivity index (χ1) is 14.2. The summed E-state index contributed by atoms with van der Waals surface area (Å²) in [7, 11) is 3.33. The van der Waals surface area contributed by atoms with E-state index in [9.17, 15) is 0 Å². The fourth-order valence-electron chi connectivity index (χ4n) is 3.08. The van der Waals surface area contributed by atoms with E-state index in [1.54, 1.807) is 14.2 Å². The number of hydrogen-bond acceptors (Lipinski definition) is 5. The van der Waals surface area contributed by atoms with Gasteiger partial charge in [0.15, 0.2) is 0 Å². The zero-order chi connectivity index (χ0) is 20.5. The first kappa shape index (κ1) is 20.8. The predicted molar refractivity (Wildman–Crippen MR) is 115 cm³/mol. The van der Waals surface area contributed by atoms with Crippen LogP contribution in [0.15, 0.2) is 66.9 Å². The van der Waals surface area contributed by atoms with Gasteiger partial charge in [0.25, 0.3) is 0 Å². The van der Waals surface area contributed by atoms with Crippen molar-refractivity contribution in [3.8, 4) is 22.8 Å². The second kappa shape index (κ2) is 10.6. The van der Waals surface area contributed by atoms with Crippen LogP contribution < -0.4 is 14.8 Å². The van der Waals surface area contributed by atoms with Crippen LogP contribution in [0.2, 0.25) is 0 Å². The normalized spacial score (nSPS) is 11.8. The topological polar surface area (TPSA) is 52.6 Å². The number of nitrogens with zero attached hydrogens (tertiary/aromatic N) is 1. The van der Waals surface area contributed by atoms with Gasteiger partial charge in [-0.25, -0.2) is 4.98 Å². The Balaban J connectivity index is 1.71. The highest BCUT2D eigenvalue weighted by molar-refractivity contribution is 5.70. The lowest BCUT2D eigenvalue weighted by Gasteiger charge is -2.16. The SMILES string of the molecule is COCCOc1ccc(-c2cc(CN[C@H](C)c3ccccc3)ccc2OC)cn1. The Morgan fingerprint density at radius 2 is 1.79 bits per heavy atom. The summed E-state index contributed by atoms with van der Waals surface area (Å²) in [5, 5.41) is 3.58. The van der Waals surface area contributed by atoms with Crippen LogP contribution >= 0.6 is 0 Å². The lowest BCUT2D eigenvalue weighted by molar-refractivity contribution is 0.144. The lowest BCUT2D eigenvalue weighted by Crippen LogP contribution is -2.18. The molecule has 1 aromatic heterocycles. The third kappa shape index (κ3) is 5.79. The Kier molecular flexibility index (Phi) is 7.61. The lowest BCUT2D eigenvalue weighted by atomic mass is 10.0. The van der Waals surface area contributed by atoms with Gasteiger partial charge in [0, 0.05) is 43.1 Å². The minimum absolute atomic E-state index is 0.270. The zero-order valence-corrected chi connectivity index (χ0v) is 17.2. The van der Waals surface area contributed by atoms with Crippen molar-refractivity contribution in [2.24, 2.45) is 0 Å². The van der Waals surface area contributed by atoms with E-state index in [1.165, 1.54) is 11.1 Å². The molecule has 0 bridgehead atoms. The number of nitrogens with one attached hydrogen (secondary N) is 1. The number of aromatic nitrogens is 1. The maximum atomic E-state index is 5.56. The number of hydrogen-bond donors (Lipinski definition) is 1. The van der Waals surface area contributed by atoms with E-state index < -0.39 is 0 Å². The molecule has 0 unspecified atom stereocenters. The minimum atomic E-state index is 0.270. The van der Waals surface area contributed by atoms with Crippen molar-refractivity contribution in [3.05, 3.63) is 78.0 Å². The number of rotatable bonds is 10. The van der Waals surface area contributed by atoms with E-state index in [-0.39, 0.29) is 6.04 Å². The molecule has 1 heterocycles. The van der Waals surface area contributed by atoms with Gasteiger partial charge in [-0.2, -0.15) is 0 Å². The number of benzene rings is 2. The highest BCUT2D eigenvalue weighted by atomic mass is 16.5. The monoisotopic (exact) mass is 392 g/mol. The van der Waals surface area contributed by atoms with Crippen LogP contribution in [0.4, 0.5) is 0 Å². The zero-order valence-electron chi connectivity index (χ0n) is 17.2. The molecule has 0 fully saturated rings. The summed E-state index contributed by atoms with van der Waals surface area (Å²) in [5.74, 6) is 1.40. The van der Waals surface area contributed by atoms with Gasteiger partial charge in [0.05, 0.1) is 13.7 Å². The molecule has 2 aromatic carbocycles. The summed E-state index contributed by atoms with van der Waals surface area (Å²) in [6, 6.07) is 20.8. The van der Waals surface area contributed by atoms with Crippen LogP contribution in [0.3, 0.4) is 0 Å². The largest absolute Gasteiger partial charge is 0.496 e. The molecular formula is C24H28N2O3. The molecule has 3 aromatic rings.